The summed E-state index contributed by atoms with van der Waals surface area (Å²) in [6, 6.07) is 4.71. The van der Waals surface area contributed by atoms with E-state index in [-0.39, 0.29) is 5.82 Å². The summed E-state index contributed by atoms with van der Waals surface area (Å²) < 4.78 is 38.8. The molecule has 0 spiro atoms. The van der Waals surface area contributed by atoms with Gasteiger partial charge in [-0.1, -0.05) is 17.7 Å². The molecule has 2 nitrogen and oxygen atoms in total. The van der Waals surface area contributed by atoms with Gasteiger partial charge in [0.2, 0.25) is 0 Å². The fourth-order valence-corrected chi connectivity index (χ4v) is 2.16. The number of halogens is 5. The first-order valence-corrected chi connectivity index (χ1v) is 5.96. The molecule has 18 heavy (non-hydrogen) atoms. The van der Waals surface area contributed by atoms with Crippen molar-refractivity contribution in [1.82, 2.24) is 9.55 Å². The van der Waals surface area contributed by atoms with E-state index >= 15 is 0 Å². The third kappa shape index (κ3) is 2.57. The number of alkyl halides is 4. The van der Waals surface area contributed by atoms with E-state index in [0.29, 0.717) is 16.1 Å². The van der Waals surface area contributed by atoms with E-state index in [1.807, 2.05) is 0 Å². The molecular weight excluding hydrogens is 288 g/mol. The molecule has 0 aliphatic carbocycles. The Hall–Kier alpha value is -0.940. The molecule has 0 saturated heterocycles. The minimum Gasteiger partial charge on any atom is -0.317 e. The Morgan fingerprint density at radius 3 is 2.61 bits per heavy atom. The first-order valence-electron chi connectivity index (χ1n) is 5.15. The Labute approximate surface area is 111 Å². The standard InChI is InChI=1S/C11H9Cl2F3N2/c1-6(12)10-17-9-7(13)3-2-4-8(9)18(10)5-11(14,15)16/h2-4,6H,5H2,1H3. The summed E-state index contributed by atoms with van der Waals surface area (Å²) in [6.45, 7) is 0.444. The highest BCUT2D eigenvalue weighted by atomic mass is 35.5. The molecule has 0 fully saturated rings. The Kier molecular flexibility index (Phi) is 3.47. The molecule has 1 aromatic heterocycles. The lowest BCUT2D eigenvalue weighted by atomic mass is 10.3. The maximum Gasteiger partial charge on any atom is 0.406 e. The van der Waals surface area contributed by atoms with Crippen molar-refractivity contribution >= 4 is 34.2 Å². The predicted octanol–water partition coefficient (Wildman–Crippen LogP) is 4.55. The van der Waals surface area contributed by atoms with E-state index < -0.39 is 18.1 Å². The van der Waals surface area contributed by atoms with Gasteiger partial charge in [-0.2, -0.15) is 13.2 Å². The second-order valence-electron chi connectivity index (χ2n) is 3.89. The van der Waals surface area contributed by atoms with Gasteiger partial charge in [0.25, 0.3) is 0 Å². The Morgan fingerprint density at radius 2 is 2.06 bits per heavy atom. The van der Waals surface area contributed by atoms with Crippen molar-refractivity contribution in [1.29, 1.82) is 0 Å². The molecule has 1 unspecified atom stereocenters. The zero-order valence-electron chi connectivity index (χ0n) is 9.30. The molecule has 0 saturated carbocycles. The molecule has 0 aliphatic rings. The molecule has 0 N–H and O–H groups in total. The molecule has 0 aliphatic heterocycles. The van der Waals surface area contributed by atoms with Crippen molar-refractivity contribution in [2.75, 3.05) is 0 Å². The molecule has 1 aromatic carbocycles. The van der Waals surface area contributed by atoms with E-state index in [1.165, 1.54) is 0 Å². The van der Waals surface area contributed by atoms with Crippen LogP contribution in [0.4, 0.5) is 13.2 Å². The van der Waals surface area contributed by atoms with Gasteiger partial charge < -0.3 is 4.57 Å². The topological polar surface area (TPSA) is 17.8 Å². The predicted molar refractivity (Wildman–Crippen MR) is 65.1 cm³/mol. The van der Waals surface area contributed by atoms with Crippen LogP contribution in [-0.2, 0) is 6.54 Å². The summed E-state index contributed by atoms with van der Waals surface area (Å²) in [4.78, 5) is 4.09. The van der Waals surface area contributed by atoms with E-state index in [9.17, 15) is 13.2 Å². The highest BCUT2D eigenvalue weighted by Gasteiger charge is 2.31. The van der Waals surface area contributed by atoms with Crippen LogP contribution in [0.25, 0.3) is 11.0 Å². The molecule has 2 rings (SSSR count). The van der Waals surface area contributed by atoms with Crippen LogP contribution >= 0.6 is 23.2 Å². The fourth-order valence-electron chi connectivity index (χ4n) is 1.78. The van der Waals surface area contributed by atoms with Crippen LogP contribution in [0.5, 0.6) is 0 Å². The third-order valence-electron chi connectivity index (χ3n) is 2.45. The zero-order chi connectivity index (χ0) is 13.5. The summed E-state index contributed by atoms with van der Waals surface area (Å²) in [5.41, 5.74) is 0.674. The first-order chi connectivity index (χ1) is 8.29. The number of hydrogen-bond donors (Lipinski definition) is 0. The molecular formula is C11H9Cl2F3N2. The summed E-state index contributed by atoms with van der Waals surface area (Å²) >= 11 is 11.8. The molecule has 1 atom stereocenters. The van der Waals surface area contributed by atoms with Crippen molar-refractivity contribution in [2.45, 2.75) is 25.0 Å². The SMILES string of the molecule is CC(Cl)c1nc2c(Cl)cccc2n1CC(F)(F)F. The molecule has 0 radical (unpaired) electrons. The van der Waals surface area contributed by atoms with Gasteiger partial charge >= 0.3 is 6.18 Å². The second kappa shape index (κ2) is 4.63. The molecule has 0 bridgehead atoms. The number of fused-ring (bicyclic) bond motifs is 1. The van der Waals surface area contributed by atoms with Crippen LogP contribution in [0.2, 0.25) is 5.02 Å². The van der Waals surface area contributed by atoms with Gasteiger partial charge in [0, 0.05) is 0 Å². The monoisotopic (exact) mass is 296 g/mol. The number of imidazole rings is 1. The van der Waals surface area contributed by atoms with Crippen molar-refractivity contribution in [3.63, 3.8) is 0 Å². The van der Waals surface area contributed by atoms with Gasteiger partial charge in [-0.15, -0.1) is 11.6 Å². The van der Waals surface area contributed by atoms with Crippen molar-refractivity contribution < 1.29 is 13.2 Å². The van der Waals surface area contributed by atoms with Gasteiger partial charge in [0.15, 0.2) is 0 Å². The maximum atomic E-state index is 12.6. The van der Waals surface area contributed by atoms with Gasteiger partial charge in [0.1, 0.15) is 17.9 Å². The Balaban J connectivity index is 2.67. The summed E-state index contributed by atoms with van der Waals surface area (Å²) in [7, 11) is 0. The normalized spacial score (nSPS) is 14.1. The second-order valence-corrected chi connectivity index (χ2v) is 4.96. The molecule has 7 heteroatoms. The molecule has 1 heterocycles. The van der Waals surface area contributed by atoms with Crippen molar-refractivity contribution in [2.24, 2.45) is 0 Å². The van der Waals surface area contributed by atoms with Gasteiger partial charge in [-0.05, 0) is 19.1 Å². The van der Waals surface area contributed by atoms with Gasteiger partial charge in [-0.3, -0.25) is 0 Å². The van der Waals surface area contributed by atoms with Crippen molar-refractivity contribution in [3.05, 3.63) is 29.0 Å². The van der Waals surface area contributed by atoms with Crippen LogP contribution in [0.15, 0.2) is 18.2 Å². The third-order valence-corrected chi connectivity index (χ3v) is 2.95. The van der Waals surface area contributed by atoms with E-state index in [2.05, 4.69) is 4.98 Å². The molecule has 2 aromatic rings. The minimum atomic E-state index is -4.34. The van der Waals surface area contributed by atoms with Crippen LogP contribution in [0, 0.1) is 0 Å². The van der Waals surface area contributed by atoms with Gasteiger partial charge in [0.05, 0.1) is 15.9 Å². The number of hydrogen-bond acceptors (Lipinski definition) is 1. The lowest BCUT2D eigenvalue weighted by molar-refractivity contribution is -0.140. The quantitative estimate of drug-likeness (QED) is 0.743. The zero-order valence-corrected chi connectivity index (χ0v) is 10.8. The summed E-state index contributed by atoms with van der Waals surface area (Å²) in [5, 5.41) is -0.317. The number of benzene rings is 1. The number of nitrogens with zero attached hydrogens (tertiary/aromatic N) is 2. The van der Waals surface area contributed by atoms with Crippen molar-refractivity contribution in [3.8, 4) is 0 Å². The Bertz CT molecular complexity index is 575. The minimum absolute atomic E-state index is 0.164. The highest BCUT2D eigenvalue weighted by molar-refractivity contribution is 6.35. The van der Waals surface area contributed by atoms with Crippen LogP contribution < -0.4 is 0 Å². The maximum absolute atomic E-state index is 12.6. The largest absolute Gasteiger partial charge is 0.406 e. The lowest BCUT2D eigenvalue weighted by Gasteiger charge is -2.12. The average Bonchev–Trinajstić information content (AvgIpc) is 2.57. The van der Waals surface area contributed by atoms with Crippen LogP contribution in [0.1, 0.15) is 18.1 Å². The first kappa shape index (κ1) is 13.5. The summed E-state index contributed by atoms with van der Waals surface area (Å²) in [5.74, 6) is 0.164. The van der Waals surface area contributed by atoms with E-state index in [1.54, 1.807) is 25.1 Å². The highest BCUT2D eigenvalue weighted by Crippen LogP contribution is 2.31. The number of para-hydroxylation sites is 1. The van der Waals surface area contributed by atoms with Gasteiger partial charge in [-0.25, -0.2) is 4.98 Å². The number of rotatable bonds is 2. The smallest absolute Gasteiger partial charge is 0.317 e. The van der Waals surface area contributed by atoms with Crippen LogP contribution in [0.3, 0.4) is 0 Å². The lowest BCUT2D eigenvalue weighted by Crippen LogP contribution is -2.19. The van der Waals surface area contributed by atoms with Crippen LogP contribution in [-0.4, -0.2) is 15.7 Å². The molecule has 98 valence electrons. The molecule has 0 amide bonds. The van der Waals surface area contributed by atoms with E-state index in [4.69, 9.17) is 23.2 Å². The average molecular weight is 297 g/mol. The summed E-state index contributed by atoms with van der Waals surface area (Å²) in [6.07, 6.45) is -4.34. The van der Waals surface area contributed by atoms with E-state index in [0.717, 1.165) is 4.57 Å². The Morgan fingerprint density at radius 1 is 1.39 bits per heavy atom. The number of aromatic nitrogens is 2. The fraction of sp³-hybridized carbons (Fsp3) is 0.364.